The summed E-state index contributed by atoms with van der Waals surface area (Å²) in [5, 5.41) is 0. The molecular weight excluding hydrogens is 254 g/mol. The van der Waals surface area contributed by atoms with Crippen LogP contribution in [-0.4, -0.2) is 43.0 Å². The molecule has 0 saturated carbocycles. The van der Waals surface area contributed by atoms with E-state index in [1.165, 1.54) is 51.6 Å². The molecule has 1 aliphatic rings. The highest BCUT2D eigenvalue weighted by Crippen LogP contribution is 2.33. The molecule has 0 aromatic carbocycles. The van der Waals surface area contributed by atoms with E-state index in [2.05, 4.69) is 38.3 Å². The van der Waals surface area contributed by atoms with E-state index in [9.17, 15) is 0 Å². The van der Waals surface area contributed by atoms with Crippen LogP contribution in [0.2, 0.25) is 0 Å². The van der Waals surface area contributed by atoms with Gasteiger partial charge < -0.3 is 9.64 Å². The molecule has 0 aromatic heterocycles. The average molecular weight is 288 g/mol. The van der Waals surface area contributed by atoms with E-state index in [1.54, 1.807) is 0 Å². The lowest BCUT2D eigenvalue weighted by Crippen LogP contribution is -2.46. The third-order valence-electron chi connectivity index (χ3n) is 4.32. The Morgan fingerprint density at radius 3 is 2.42 bits per heavy atom. The van der Waals surface area contributed by atoms with Gasteiger partial charge >= 0.3 is 0 Å². The van der Waals surface area contributed by atoms with Gasteiger partial charge in [0, 0.05) is 19.7 Å². The van der Waals surface area contributed by atoms with Gasteiger partial charge in [0.1, 0.15) is 0 Å². The summed E-state index contributed by atoms with van der Waals surface area (Å²) in [7, 11) is 0. The number of nitrogens with zero attached hydrogens (tertiary/aromatic N) is 1. The maximum absolute atomic E-state index is 5.82. The molecule has 114 valence electrons. The number of hydrogen-bond donors (Lipinski definition) is 1. The van der Waals surface area contributed by atoms with Gasteiger partial charge in [-0.3, -0.25) is 0 Å². The van der Waals surface area contributed by atoms with E-state index in [0.29, 0.717) is 11.5 Å². The third kappa shape index (κ3) is 5.65. The van der Waals surface area contributed by atoms with Gasteiger partial charge in [-0.2, -0.15) is 12.6 Å². The smallest absolute Gasteiger partial charge is 0.0702 e. The van der Waals surface area contributed by atoms with Gasteiger partial charge in [0.15, 0.2) is 0 Å². The predicted octanol–water partition coefficient (Wildman–Crippen LogP) is 4.00. The van der Waals surface area contributed by atoms with E-state index in [0.717, 1.165) is 18.9 Å². The van der Waals surface area contributed by atoms with Crippen LogP contribution in [0.25, 0.3) is 0 Å². The number of likely N-dealkylation sites (tertiary alicyclic amines) is 1. The van der Waals surface area contributed by atoms with Crippen molar-refractivity contribution in [1.82, 2.24) is 4.90 Å². The Bertz CT molecular complexity index is 227. The molecule has 1 unspecified atom stereocenters. The fraction of sp³-hybridized carbons (Fsp3) is 1.00. The monoisotopic (exact) mass is 287 g/mol. The Labute approximate surface area is 125 Å². The summed E-state index contributed by atoms with van der Waals surface area (Å²) < 4.78 is 5.82. The standard InChI is InChI=1S/C16H33NOS/c1-4-9-16(14-19,10-5-2)13-17-11-7-8-15(12-17)18-6-3/h15,19H,4-14H2,1-3H3. The molecule has 2 nitrogen and oxygen atoms in total. The molecule has 1 aliphatic heterocycles. The number of rotatable bonds is 9. The molecule has 1 heterocycles. The highest BCUT2D eigenvalue weighted by atomic mass is 32.1. The molecule has 1 rings (SSSR count). The van der Waals surface area contributed by atoms with Crippen LogP contribution in [0.15, 0.2) is 0 Å². The predicted molar refractivity (Wildman–Crippen MR) is 87.2 cm³/mol. The summed E-state index contributed by atoms with van der Waals surface area (Å²) in [6, 6.07) is 0. The molecular formula is C16H33NOS. The molecule has 0 radical (unpaired) electrons. The van der Waals surface area contributed by atoms with Crippen molar-refractivity contribution in [2.75, 3.05) is 32.0 Å². The molecule has 1 fully saturated rings. The molecule has 0 aromatic rings. The largest absolute Gasteiger partial charge is 0.377 e. The van der Waals surface area contributed by atoms with Gasteiger partial charge in [-0.15, -0.1) is 0 Å². The van der Waals surface area contributed by atoms with Crippen molar-refractivity contribution in [3.05, 3.63) is 0 Å². The van der Waals surface area contributed by atoms with Crippen molar-refractivity contribution in [3.8, 4) is 0 Å². The van der Waals surface area contributed by atoms with E-state index in [-0.39, 0.29) is 0 Å². The van der Waals surface area contributed by atoms with Crippen LogP contribution in [0.5, 0.6) is 0 Å². The maximum atomic E-state index is 5.82. The van der Waals surface area contributed by atoms with Gasteiger partial charge in [0.2, 0.25) is 0 Å². The molecule has 0 amide bonds. The fourth-order valence-corrected chi connectivity index (χ4v) is 3.97. The quantitative estimate of drug-likeness (QED) is 0.643. The average Bonchev–Trinajstić information content (AvgIpc) is 2.40. The van der Waals surface area contributed by atoms with Crippen molar-refractivity contribution in [2.24, 2.45) is 5.41 Å². The number of hydrogen-bond acceptors (Lipinski definition) is 3. The normalized spacial score (nSPS) is 21.8. The van der Waals surface area contributed by atoms with Gasteiger partial charge in [-0.05, 0) is 50.3 Å². The molecule has 0 aliphatic carbocycles. The Morgan fingerprint density at radius 1 is 1.21 bits per heavy atom. The van der Waals surface area contributed by atoms with E-state index < -0.39 is 0 Å². The van der Waals surface area contributed by atoms with Gasteiger partial charge in [0.25, 0.3) is 0 Å². The summed E-state index contributed by atoms with van der Waals surface area (Å²) in [6.45, 7) is 11.1. The van der Waals surface area contributed by atoms with Crippen LogP contribution in [0.1, 0.15) is 59.3 Å². The van der Waals surface area contributed by atoms with Crippen LogP contribution in [0.4, 0.5) is 0 Å². The maximum Gasteiger partial charge on any atom is 0.0702 e. The molecule has 3 heteroatoms. The molecule has 0 N–H and O–H groups in total. The molecule has 0 spiro atoms. The van der Waals surface area contributed by atoms with Crippen LogP contribution >= 0.6 is 12.6 Å². The molecule has 19 heavy (non-hydrogen) atoms. The summed E-state index contributed by atoms with van der Waals surface area (Å²) in [4.78, 5) is 2.63. The van der Waals surface area contributed by atoms with Crippen molar-refractivity contribution < 1.29 is 4.74 Å². The minimum atomic E-state index is 0.417. The number of thiol groups is 1. The van der Waals surface area contributed by atoms with Gasteiger partial charge in [-0.25, -0.2) is 0 Å². The van der Waals surface area contributed by atoms with E-state index in [1.807, 2.05) is 0 Å². The highest BCUT2D eigenvalue weighted by molar-refractivity contribution is 7.80. The Balaban J connectivity index is 2.56. The first kappa shape index (κ1) is 17.3. The SMILES string of the molecule is CCCC(CS)(CCC)CN1CCCC(OCC)C1. The Kier molecular flexibility index (Phi) is 8.43. The van der Waals surface area contributed by atoms with E-state index in [4.69, 9.17) is 4.74 Å². The first-order valence-electron chi connectivity index (χ1n) is 8.14. The van der Waals surface area contributed by atoms with Crippen molar-refractivity contribution in [1.29, 1.82) is 0 Å². The van der Waals surface area contributed by atoms with Crippen molar-refractivity contribution >= 4 is 12.6 Å². The highest BCUT2D eigenvalue weighted by Gasteiger charge is 2.31. The van der Waals surface area contributed by atoms with Crippen LogP contribution in [-0.2, 0) is 4.74 Å². The molecule has 1 atom stereocenters. The van der Waals surface area contributed by atoms with Gasteiger partial charge in [-0.1, -0.05) is 26.7 Å². The van der Waals surface area contributed by atoms with Crippen molar-refractivity contribution in [2.45, 2.75) is 65.4 Å². The fourth-order valence-electron chi connectivity index (χ4n) is 3.55. The second kappa shape index (κ2) is 9.25. The van der Waals surface area contributed by atoms with Gasteiger partial charge in [0.05, 0.1) is 6.10 Å². The summed E-state index contributed by atoms with van der Waals surface area (Å²) in [6.07, 6.45) is 8.12. The number of piperidine rings is 1. The number of ether oxygens (including phenoxy) is 1. The Morgan fingerprint density at radius 2 is 1.89 bits per heavy atom. The van der Waals surface area contributed by atoms with Crippen LogP contribution in [0.3, 0.4) is 0 Å². The lowest BCUT2D eigenvalue weighted by Gasteiger charge is -2.41. The van der Waals surface area contributed by atoms with E-state index >= 15 is 0 Å². The van der Waals surface area contributed by atoms with Crippen LogP contribution < -0.4 is 0 Å². The summed E-state index contributed by atoms with van der Waals surface area (Å²) >= 11 is 4.67. The lowest BCUT2D eigenvalue weighted by molar-refractivity contribution is -0.00657. The zero-order valence-corrected chi connectivity index (χ0v) is 14.1. The summed E-state index contributed by atoms with van der Waals surface area (Å²) in [5.74, 6) is 1.02. The zero-order valence-electron chi connectivity index (χ0n) is 13.2. The zero-order chi connectivity index (χ0) is 14.1. The molecule has 1 saturated heterocycles. The topological polar surface area (TPSA) is 12.5 Å². The minimum absolute atomic E-state index is 0.417. The second-order valence-electron chi connectivity index (χ2n) is 6.11. The first-order chi connectivity index (χ1) is 9.19. The lowest BCUT2D eigenvalue weighted by atomic mass is 9.80. The second-order valence-corrected chi connectivity index (χ2v) is 6.43. The third-order valence-corrected chi connectivity index (χ3v) is 4.99. The summed E-state index contributed by atoms with van der Waals surface area (Å²) in [5.41, 5.74) is 0.417. The Hall–Kier alpha value is 0.270. The van der Waals surface area contributed by atoms with Crippen molar-refractivity contribution in [3.63, 3.8) is 0 Å². The minimum Gasteiger partial charge on any atom is -0.377 e. The molecule has 0 bridgehead atoms. The first-order valence-corrected chi connectivity index (χ1v) is 8.77. The van der Waals surface area contributed by atoms with Crippen LogP contribution in [0, 0.1) is 5.41 Å².